The van der Waals surface area contributed by atoms with E-state index in [0.717, 1.165) is 18.9 Å². The van der Waals surface area contributed by atoms with Crippen LogP contribution in [0.15, 0.2) is 6.07 Å². The molecule has 3 rings (SSSR count). The van der Waals surface area contributed by atoms with Gasteiger partial charge in [0.15, 0.2) is 11.0 Å². The molecule has 1 spiro atoms. The van der Waals surface area contributed by atoms with Crippen LogP contribution in [0.25, 0.3) is 0 Å². The summed E-state index contributed by atoms with van der Waals surface area (Å²) in [5.74, 6) is -0.978. The topological polar surface area (TPSA) is 33.2 Å². The molecule has 2 aliphatic rings. The number of halogens is 3. The number of pyridine rings is 1. The van der Waals surface area contributed by atoms with Crippen LogP contribution in [0.1, 0.15) is 36.0 Å². The Morgan fingerprint density at radius 3 is 2.42 bits per heavy atom. The molecule has 0 N–H and O–H groups in total. The number of carbonyl (C=O) groups excluding carboxylic acids is 1. The predicted octanol–water partition coefficient (Wildman–Crippen LogP) is 3.54. The van der Waals surface area contributed by atoms with Crippen molar-refractivity contribution >= 4 is 29.1 Å². The zero-order valence-corrected chi connectivity index (χ0v) is 11.8. The van der Waals surface area contributed by atoms with E-state index in [0.29, 0.717) is 18.5 Å². The number of rotatable bonds is 1. The third-order valence-corrected chi connectivity index (χ3v) is 4.74. The van der Waals surface area contributed by atoms with E-state index in [1.54, 1.807) is 4.90 Å². The molecular formula is C13H13Cl2FN2O. The minimum absolute atomic E-state index is 0.0388. The van der Waals surface area contributed by atoms with Crippen molar-refractivity contribution in [3.05, 3.63) is 27.8 Å². The van der Waals surface area contributed by atoms with Gasteiger partial charge < -0.3 is 4.90 Å². The molecule has 0 radical (unpaired) electrons. The van der Waals surface area contributed by atoms with Crippen LogP contribution in [0.5, 0.6) is 0 Å². The minimum atomic E-state index is -0.718. The highest BCUT2D eigenvalue weighted by molar-refractivity contribution is 6.34. The summed E-state index contributed by atoms with van der Waals surface area (Å²) in [4.78, 5) is 17.7. The van der Waals surface area contributed by atoms with E-state index in [4.69, 9.17) is 23.2 Å². The summed E-state index contributed by atoms with van der Waals surface area (Å²) in [5.41, 5.74) is 0.583. The van der Waals surface area contributed by atoms with Gasteiger partial charge in [0.25, 0.3) is 5.91 Å². The highest BCUT2D eigenvalue weighted by Gasteiger charge is 2.45. The molecule has 2 fully saturated rings. The number of nitrogens with zero attached hydrogens (tertiary/aromatic N) is 2. The second-order valence-electron chi connectivity index (χ2n) is 5.39. The highest BCUT2D eigenvalue weighted by atomic mass is 35.5. The van der Waals surface area contributed by atoms with Crippen LogP contribution >= 0.6 is 23.2 Å². The molecular weight excluding hydrogens is 290 g/mol. The lowest BCUT2D eigenvalue weighted by Gasteiger charge is -2.32. The van der Waals surface area contributed by atoms with Crippen LogP contribution in [-0.4, -0.2) is 28.9 Å². The first-order valence-electron chi connectivity index (χ1n) is 6.32. The van der Waals surface area contributed by atoms with Gasteiger partial charge in [0.1, 0.15) is 5.15 Å². The van der Waals surface area contributed by atoms with Crippen molar-refractivity contribution in [3.63, 3.8) is 0 Å². The van der Waals surface area contributed by atoms with Crippen molar-refractivity contribution in [1.29, 1.82) is 0 Å². The molecule has 1 aliphatic heterocycles. The van der Waals surface area contributed by atoms with Gasteiger partial charge >= 0.3 is 0 Å². The van der Waals surface area contributed by atoms with Gasteiger partial charge in [-0.3, -0.25) is 4.79 Å². The Bertz CT molecular complexity index is 536. The van der Waals surface area contributed by atoms with Crippen LogP contribution in [0.3, 0.4) is 0 Å². The Morgan fingerprint density at radius 2 is 1.84 bits per heavy atom. The van der Waals surface area contributed by atoms with E-state index < -0.39 is 5.82 Å². The molecule has 3 nitrogen and oxygen atoms in total. The highest BCUT2D eigenvalue weighted by Crippen LogP contribution is 2.53. The standard InChI is InChI=1S/C13H13Cl2FN2O/c14-10-8(7-9(16)11(15)17-10)12(19)18-5-3-13(1-2-13)4-6-18/h7H,1-6H2. The third kappa shape index (κ3) is 2.43. The number of aromatic nitrogens is 1. The number of likely N-dealkylation sites (tertiary alicyclic amines) is 1. The van der Waals surface area contributed by atoms with E-state index in [2.05, 4.69) is 4.98 Å². The molecule has 1 aliphatic carbocycles. The third-order valence-electron chi connectivity index (χ3n) is 4.19. The van der Waals surface area contributed by atoms with Gasteiger partial charge in [-0.1, -0.05) is 23.2 Å². The van der Waals surface area contributed by atoms with Crippen molar-refractivity contribution in [2.24, 2.45) is 5.41 Å². The second-order valence-corrected chi connectivity index (χ2v) is 6.11. The quantitative estimate of drug-likeness (QED) is 0.743. The number of carbonyl (C=O) groups is 1. The molecule has 19 heavy (non-hydrogen) atoms. The average molecular weight is 303 g/mol. The SMILES string of the molecule is O=C(c1cc(F)c(Cl)nc1Cl)N1CCC2(CC1)CC2. The molecule has 1 aromatic heterocycles. The first kappa shape index (κ1) is 13.1. The van der Waals surface area contributed by atoms with Crippen molar-refractivity contribution < 1.29 is 9.18 Å². The lowest BCUT2D eigenvalue weighted by atomic mass is 9.93. The molecule has 0 bridgehead atoms. The second kappa shape index (κ2) is 4.60. The van der Waals surface area contributed by atoms with Crippen LogP contribution in [0.4, 0.5) is 4.39 Å². The van der Waals surface area contributed by atoms with Gasteiger partial charge in [-0.2, -0.15) is 0 Å². The van der Waals surface area contributed by atoms with Crippen molar-refractivity contribution in [3.8, 4) is 0 Å². The van der Waals surface area contributed by atoms with Gasteiger partial charge in [0.2, 0.25) is 0 Å². The molecule has 0 unspecified atom stereocenters. The summed E-state index contributed by atoms with van der Waals surface area (Å²) in [5, 5.41) is -0.347. The van der Waals surface area contributed by atoms with Gasteiger partial charge in [-0.15, -0.1) is 0 Å². The molecule has 102 valence electrons. The zero-order valence-electron chi connectivity index (χ0n) is 10.3. The maximum atomic E-state index is 13.4. The van der Waals surface area contributed by atoms with Gasteiger partial charge in [0, 0.05) is 13.1 Å². The monoisotopic (exact) mass is 302 g/mol. The fourth-order valence-electron chi connectivity index (χ4n) is 2.63. The smallest absolute Gasteiger partial charge is 0.257 e. The lowest BCUT2D eigenvalue weighted by Crippen LogP contribution is -2.39. The summed E-state index contributed by atoms with van der Waals surface area (Å²) in [6, 6.07) is 1.07. The Kier molecular flexibility index (Phi) is 3.18. The lowest BCUT2D eigenvalue weighted by molar-refractivity contribution is 0.0678. The Labute approximate surface area is 120 Å². The predicted molar refractivity (Wildman–Crippen MR) is 71.0 cm³/mol. The molecule has 0 atom stereocenters. The summed E-state index contributed by atoms with van der Waals surface area (Å²) < 4.78 is 13.4. The first-order chi connectivity index (χ1) is 9.01. The Morgan fingerprint density at radius 1 is 1.21 bits per heavy atom. The van der Waals surface area contributed by atoms with E-state index >= 15 is 0 Å². The van der Waals surface area contributed by atoms with Crippen molar-refractivity contribution in [2.45, 2.75) is 25.7 Å². The Hall–Kier alpha value is -0.870. The minimum Gasteiger partial charge on any atom is -0.339 e. The van der Waals surface area contributed by atoms with Gasteiger partial charge in [0.05, 0.1) is 5.56 Å². The maximum absolute atomic E-state index is 13.4. The number of hydrogen-bond acceptors (Lipinski definition) is 2. The number of hydrogen-bond donors (Lipinski definition) is 0. The van der Waals surface area contributed by atoms with E-state index in [1.165, 1.54) is 12.8 Å². The van der Waals surface area contributed by atoms with Gasteiger partial charge in [-0.05, 0) is 37.2 Å². The molecule has 1 aromatic rings. The van der Waals surface area contributed by atoms with Crippen LogP contribution in [0, 0.1) is 11.2 Å². The van der Waals surface area contributed by atoms with Crippen LogP contribution in [0.2, 0.25) is 10.3 Å². The Balaban J connectivity index is 1.78. The van der Waals surface area contributed by atoms with E-state index in [-0.39, 0.29) is 21.8 Å². The average Bonchev–Trinajstić information content (AvgIpc) is 3.14. The first-order valence-corrected chi connectivity index (χ1v) is 7.07. The summed E-state index contributed by atoms with van der Waals surface area (Å²) >= 11 is 11.4. The molecule has 6 heteroatoms. The molecule has 1 saturated carbocycles. The number of piperidine rings is 1. The van der Waals surface area contributed by atoms with E-state index in [9.17, 15) is 9.18 Å². The van der Waals surface area contributed by atoms with Crippen LogP contribution in [-0.2, 0) is 0 Å². The summed E-state index contributed by atoms with van der Waals surface area (Å²) in [7, 11) is 0. The molecule has 1 saturated heterocycles. The summed E-state index contributed by atoms with van der Waals surface area (Å²) in [6.45, 7) is 1.42. The zero-order chi connectivity index (χ0) is 13.6. The maximum Gasteiger partial charge on any atom is 0.257 e. The largest absolute Gasteiger partial charge is 0.339 e. The fraction of sp³-hybridized carbons (Fsp3) is 0.538. The van der Waals surface area contributed by atoms with E-state index in [1.807, 2.05) is 0 Å². The molecule has 0 aromatic carbocycles. The number of amides is 1. The van der Waals surface area contributed by atoms with Crippen LogP contribution < -0.4 is 0 Å². The fourth-order valence-corrected chi connectivity index (χ4v) is 3.03. The molecule has 2 heterocycles. The van der Waals surface area contributed by atoms with Crippen molar-refractivity contribution in [1.82, 2.24) is 9.88 Å². The summed E-state index contributed by atoms with van der Waals surface area (Å²) in [6.07, 6.45) is 4.60. The van der Waals surface area contributed by atoms with Crippen molar-refractivity contribution in [2.75, 3.05) is 13.1 Å². The normalized spacial score (nSPS) is 20.7. The molecule has 1 amide bonds. The van der Waals surface area contributed by atoms with Gasteiger partial charge in [-0.25, -0.2) is 9.37 Å².